The second-order valence-corrected chi connectivity index (χ2v) is 6.02. The van der Waals surface area contributed by atoms with Crippen LogP contribution in [0, 0.1) is 0 Å². The van der Waals surface area contributed by atoms with E-state index in [1.165, 1.54) is 30.0 Å². The fourth-order valence-electron chi connectivity index (χ4n) is 1.28. The van der Waals surface area contributed by atoms with Gasteiger partial charge in [0.05, 0.1) is 0 Å². The molecule has 1 nitrogen and oxygen atoms in total. The van der Waals surface area contributed by atoms with Gasteiger partial charge in [-0.3, -0.25) is 4.79 Å². The van der Waals surface area contributed by atoms with Gasteiger partial charge in [-0.25, -0.2) is 0 Å². The van der Waals surface area contributed by atoms with Crippen LogP contribution in [0.4, 0.5) is 13.2 Å². The van der Waals surface area contributed by atoms with Crippen LogP contribution in [0.5, 0.6) is 0 Å². The number of rotatable bonds is 5. The van der Waals surface area contributed by atoms with E-state index in [2.05, 4.69) is 15.9 Å². The number of halogens is 4. The summed E-state index contributed by atoms with van der Waals surface area (Å²) >= 11 is 4.20. The normalized spacial score (nSPS) is 11.6. The molecule has 0 spiro atoms. The molecular formula is C11H10BrF3OS2. The van der Waals surface area contributed by atoms with Crippen molar-refractivity contribution in [1.82, 2.24) is 0 Å². The Morgan fingerprint density at radius 3 is 2.50 bits per heavy atom. The molecule has 1 aromatic rings. The molecule has 0 amide bonds. The Balaban J connectivity index is 3.00. The maximum atomic E-state index is 12.3. The highest BCUT2D eigenvalue weighted by Gasteiger charge is 2.30. The lowest BCUT2D eigenvalue weighted by molar-refractivity contribution is -0.0328. The number of carbonyl (C=O) groups excluding carboxylic acids is 1. The van der Waals surface area contributed by atoms with Gasteiger partial charge in [-0.2, -0.15) is 13.2 Å². The molecule has 18 heavy (non-hydrogen) atoms. The van der Waals surface area contributed by atoms with Crippen molar-refractivity contribution >= 4 is 45.2 Å². The summed E-state index contributed by atoms with van der Waals surface area (Å²) in [7, 11) is 0. The van der Waals surface area contributed by atoms with E-state index in [1.54, 1.807) is 6.26 Å². The standard InChI is InChI=1S/C11H10BrF3OS2/c1-17-10-6-7(8(16)4-5-12)2-3-9(10)18-11(13,14)15/h2-3,6H,4-5H2,1H3. The largest absolute Gasteiger partial charge is 0.446 e. The highest BCUT2D eigenvalue weighted by Crippen LogP contribution is 2.41. The first-order chi connectivity index (χ1) is 8.37. The summed E-state index contributed by atoms with van der Waals surface area (Å²) in [6, 6.07) is 4.31. The number of carbonyl (C=O) groups is 1. The van der Waals surface area contributed by atoms with Crippen LogP contribution in [-0.4, -0.2) is 22.9 Å². The molecule has 1 rings (SSSR count). The van der Waals surface area contributed by atoms with Crippen LogP contribution in [0.2, 0.25) is 0 Å². The number of ketones is 1. The minimum absolute atomic E-state index is 0.0780. The number of benzene rings is 1. The lowest BCUT2D eigenvalue weighted by Crippen LogP contribution is -2.02. The molecule has 0 fully saturated rings. The van der Waals surface area contributed by atoms with Crippen molar-refractivity contribution in [3.05, 3.63) is 23.8 Å². The lowest BCUT2D eigenvalue weighted by atomic mass is 10.1. The molecule has 0 unspecified atom stereocenters. The average Bonchev–Trinajstić information content (AvgIpc) is 2.27. The molecule has 0 aliphatic heterocycles. The van der Waals surface area contributed by atoms with Gasteiger partial charge in [0.2, 0.25) is 0 Å². The van der Waals surface area contributed by atoms with Gasteiger partial charge in [0, 0.05) is 27.1 Å². The molecule has 0 aromatic heterocycles. The molecule has 0 atom stereocenters. The molecule has 1 aromatic carbocycles. The zero-order valence-corrected chi connectivity index (χ0v) is 12.6. The first-order valence-corrected chi connectivity index (χ1v) is 8.06. The predicted octanol–water partition coefficient (Wildman–Crippen LogP) is 4.99. The van der Waals surface area contributed by atoms with Crippen LogP contribution in [0.1, 0.15) is 16.8 Å². The third kappa shape index (κ3) is 4.85. The number of hydrogen-bond donors (Lipinski definition) is 0. The highest BCUT2D eigenvalue weighted by molar-refractivity contribution is 9.09. The van der Waals surface area contributed by atoms with Gasteiger partial charge in [-0.05, 0) is 30.2 Å². The van der Waals surface area contributed by atoms with Gasteiger partial charge in [0.25, 0.3) is 0 Å². The Hall–Kier alpha value is -0.140. The van der Waals surface area contributed by atoms with Crippen molar-refractivity contribution in [1.29, 1.82) is 0 Å². The molecule has 0 saturated carbocycles. The molecule has 100 valence electrons. The van der Waals surface area contributed by atoms with Gasteiger partial charge in [0.1, 0.15) is 0 Å². The third-order valence-corrected chi connectivity index (χ3v) is 4.14. The molecule has 0 aliphatic carbocycles. The van der Waals surface area contributed by atoms with E-state index < -0.39 is 5.51 Å². The van der Waals surface area contributed by atoms with Gasteiger partial charge in [-0.1, -0.05) is 22.0 Å². The van der Waals surface area contributed by atoms with Gasteiger partial charge in [0.15, 0.2) is 5.78 Å². The van der Waals surface area contributed by atoms with Gasteiger partial charge >= 0.3 is 5.51 Å². The van der Waals surface area contributed by atoms with E-state index >= 15 is 0 Å². The van der Waals surface area contributed by atoms with Crippen molar-refractivity contribution in [2.75, 3.05) is 11.6 Å². The van der Waals surface area contributed by atoms with Crippen LogP contribution >= 0.6 is 39.5 Å². The van der Waals surface area contributed by atoms with Gasteiger partial charge < -0.3 is 0 Å². The van der Waals surface area contributed by atoms with Crippen LogP contribution in [-0.2, 0) is 0 Å². The van der Waals surface area contributed by atoms with Crippen molar-refractivity contribution in [2.45, 2.75) is 21.7 Å². The van der Waals surface area contributed by atoms with Crippen molar-refractivity contribution in [2.24, 2.45) is 0 Å². The van der Waals surface area contributed by atoms with E-state index in [9.17, 15) is 18.0 Å². The number of thioether (sulfide) groups is 2. The molecule has 0 N–H and O–H groups in total. The van der Waals surface area contributed by atoms with E-state index in [1.807, 2.05) is 0 Å². The summed E-state index contributed by atoms with van der Waals surface area (Å²) in [5, 5.41) is 0.541. The second-order valence-electron chi connectivity index (χ2n) is 3.28. The fourth-order valence-corrected chi connectivity index (χ4v) is 3.07. The van der Waals surface area contributed by atoms with E-state index in [0.29, 0.717) is 22.2 Å². The Bertz CT molecular complexity index is 435. The molecule has 0 radical (unpaired) electrons. The maximum Gasteiger partial charge on any atom is 0.446 e. The topological polar surface area (TPSA) is 17.1 Å². The minimum atomic E-state index is -4.31. The number of hydrogen-bond acceptors (Lipinski definition) is 3. The molecule has 0 heterocycles. The third-order valence-electron chi connectivity index (χ3n) is 2.03. The van der Waals surface area contributed by atoms with Crippen molar-refractivity contribution in [3.63, 3.8) is 0 Å². The zero-order chi connectivity index (χ0) is 13.8. The fraction of sp³-hybridized carbons (Fsp3) is 0.364. The molecule has 0 bridgehead atoms. The summed E-state index contributed by atoms with van der Waals surface area (Å²) in [5.74, 6) is -0.0780. The first-order valence-electron chi connectivity index (χ1n) is 4.90. The Labute approximate surface area is 120 Å². The van der Waals surface area contributed by atoms with E-state index in [-0.39, 0.29) is 22.4 Å². The Kier molecular flexibility index (Phi) is 6.07. The first kappa shape index (κ1) is 15.9. The number of Topliss-reactive ketones (excluding diaryl/α,β-unsaturated/α-hetero) is 1. The highest BCUT2D eigenvalue weighted by atomic mass is 79.9. The van der Waals surface area contributed by atoms with Gasteiger partial charge in [-0.15, -0.1) is 11.8 Å². The summed E-state index contributed by atoms with van der Waals surface area (Å²) < 4.78 is 37.0. The molecule has 0 aliphatic rings. The molecular weight excluding hydrogens is 349 g/mol. The summed E-state index contributed by atoms with van der Waals surface area (Å²) in [5.41, 5.74) is -3.86. The molecule has 7 heteroatoms. The van der Waals surface area contributed by atoms with Crippen LogP contribution in [0.25, 0.3) is 0 Å². The Morgan fingerprint density at radius 1 is 1.33 bits per heavy atom. The smallest absolute Gasteiger partial charge is 0.294 e. The average molecular weight is 359 g/mol. The molecule has 0 saturated heterocycles. The SMILES string of the molecule is CSc1cc(C(=O)CCBr)ccc1SC(F)(F)F. The summed E-state index contributed by atoms with van der Waals surface area (Å²) in [4.78, 5) is 12.2. The predicted molar refractivity (Wildman–Crippen MR) is 72.9 cm³/mol. The number of alkyl halides is 4. The summed E-state index contributed by atoms with van der Waals surface area (Å²) in [6.07, 6.45) is 2.02. The minimum Gasteiger partial charge on any atom is -0.294 e. The van der Waals surface area contributed by atoms with E-state index in [0.717, 1.165) is 0 Å². The van der Waals surface area contributed by atoms with Crippen molar-refractivity contribution in [3.8, 4) is 0 Å². The van der Waals surface area contributed by atoms with E-state index in [4.69, 9.17) is 0 Å². The van der Waals surface area contributed by atoms with Crippen LogP contribution in [0.15, 0.2) is 28.0 Å². The van der Waals surface area contributed by atoms with Crippen LogP contribution < -0.4 is 0 Å². The van der Waals surface area contributed by atoms with Crippen LogP contribution in [0.3, 0.4) is 0 Å². The Morgan fingerprint density at radius 2 is 2.00 bits per heavy atom. The zero-order valence-electron chi connectivity index (χ0n) is 9.38. The summed E-state index contributed by atoms with van der Waals surface area (Å²) in [6.45, 7) is 0. The maximum absolute atomic E-state index is 12.3. The van der Waals surface area contributed by atoms with Crippen molar-refractivity contribution < 1.29 is 18.0 Å². The monoisotopic (exact) mass is 358 g/mol. The quantitative estimate of drug-likeness (QED) is 0.419. The lowest BCUT2D eigenvalue weighted by Gasteiger charge is -2.10. The second kappa shape index (κ2) is 6.86.